The quantitative estimate of drug-likeness (QED) is 0.795. The summed E-state index contributed by atoms with van der Waals surface area (Å²) >= 11 is 7.78. The summed E-state index contributed by atoms with van der Waals surface area (Å²) in [5, 5.41) is 4.00. The maximum atomic E-state index is 14.2. The molecular formula is C16H19ClFNS. The normalized spacial score (nSPS) is 12.7. The molecule has 1 aromatic heterocycles. The van der Waals surface area contributed by atoms with Gasteiger partial charge in [-0.25, -0.2) is 4.39 Å². The first-order chi connectivity index (χ1) is 9.52. The minimum absolute atomic E-state index is 0.140. The Morgan fingerprint density at radius 1 is 1.25 bits per heavy atom. The van der Waals surface area contributed by atoms with E-state index < -0.39 is 0 Å². The number of hydrogen-bond donors (Lipinski definition) is 1. The van der Waals surface area contributed by atoms with E-state index in [2.05, 4.69) is 32.2 Å². The van der Waals surface area contributed by atoms with Crippen LogP contribution in [0.5, 0.6) is 0 Å². The SMILES string of the molecule is CCCNC(c1cc(Cl)ccc1F)c1cc(C)sc1C. The molecule has 2 rings (SSSR count). The molecule has 1 aromatic carbocycles. The van der Waals surface area contributed by atoms with E-state index in [1.807, 2.05) is 0 Å². The highest BCUT2D eigenvalue weighted by molar-refractivity contribution is 7.12. The average Bonchev–Trinajstić information content (AvgIpc) is 2.73. The van der Waals surface area contributed by atoms with Crippen LogP contribution in [0.25, 0.3) is 0 Å². The zero-order valence-corrected chi connectivity index (χ0v) is 13.5. The molecule has 0 amide bonds. The lowest BCUT2D eigenvalue weighted by molar-refractivity contribution is 0.546. The average molecular weight is 312 g/mol. The predicted octanol–water partition coefficient (Wildman–Crippen LogP) is 5.25. The van der Waals surface area contributed by atoms with E-state index in [1.165, 1.54) is 15.8 Å². The number of aryl methyl sites for hydroxylation is 2. The van der Waals surface area contributed by atoms with Gasteiger partial charge in [0.2, 0.25) is 0 Å². The Morgan fingerprint density at radius 3 is 2.60 bits per heavy atom. The Hall–Kier alpha value is -0.900. The summed E-state index contributed by atoms with van der Waals surface area (Å²) < 4.78 is 14.2. The van der Waals surface area contributed by atoms with Crippen LogP contribution in [-0.4, -0.2) is 6.54 Å². The molecular weight excluding hydrogens is 293 g/mol. The molecule has 0 saturated carbocycles. The molecule has 0 aliphatic rings. The number of rotatable bonds is 5. The monoisotopic (exact) mass is 311 g/mol. The van der Waals surface area contributed by atoms with Crippen molar-refractivity contribution < 1.29 is 4.39 Å². The maximum Gasteiger partial charge on any atom is 0.128 e. The number of benzene rings is 1. The molecule has 0 aliphatic carbocycles. The second-order valence-electron chi connectivity index (χ2n) is 4.92. The molecule has 0 aliphatic heterocycles. The van der Waals surface area contributed by atoms with Crippen LogP contribution in [0.3, 0.4) is 0 Å². The molecule has 0 fully saturated rings. The van der Waals surface area contributed by atoms with E-state index in [1.54, 1.807) is 23.5 Å². The van der Waals surface area contributed by atoms with Crippen molar-refractivity contribution in [1.29, 1.82) is 0 Å². The summed E-state index contributed by atoms with van der Waals surface area (Å²) in [6.45, 7) is 7.09. The van der Waals surface area contributed by atoms with Gasteiger partial charge in [-0.15, -0.1) is 11.3 Å². The third-order valence-electron chi connectivity index (χ3n) is 3.26. The second kappa shape index (κ2) is 6.70. The highest BCUT2D eigenvalue weighted by Gasteiger charge is 2.20. The van der Waals surface area contributed by atoms with Gasteiger partial charge in [-0.05, 0) is 56.6 Å². The van der Waals surface area contributed by atoms with Gasteiger partial charge in [0.15, 0.2) is 0 Å². The summed E-state index contributed by atoms with van der Waals surface area (Å²) in [4.78, 5) is 2.46. The molecule has 0 radical (unpaired) electrons. The first kappa shape index (κ1) is 15.5. The fraction of sp³-hybridized carbons (Fsp3) is 0.375. The molecule has 0 spiro atoms. The third-order valence-corrected chi connectivity index (χ3v) is 4.47. The number of nitrogens with one attached hydrogen (secondary N) is 1. The summed E-state index contributed by atoms with van der Waals surface area (Å²) in [5.74, 6) is -0.216. The topological polar surface area (TPSA) is 12.0 Å². The second-order valence-corrected chi connectivity index (χ2v) is 6.82. The van der Waals surface area contributed by atoms with Gasteiger partial charge in [0.1, 0.15) is 5.82 Å². The number of halogens is 2. The van der Waals surface area contributed by atoms with Crippen LogP contribution in [0.4, 0.5) is 4.39 Å². The lowest BCUT2D eigenvalue weighted by Crippen LogP contribution is -2.24. The Bertz CT molecular complexity index is 594. The van der Waals surface area contributed by atoms with Gasteiger partial charge < -0.3 is 5.32 Å². The van der Waals surface area contributed by atoms with Gasteiger partial charge in [0.05, 0.1) is 6.04 Å². The molecule has 0 saturated heterocycles. The standard InChI is InChI=1S/C16H19ClFNS/c1-4-7-19-16(13-8-10(2)20-11(13)3)14-9-12(17)5-6-15(14)18/h5-6,8-9,16,19H,4,7H2,1-3H3. The molecule has 1 atom stereocenters. The highest BCUT2D eigenvalue weighted by Crippen LogP contribution is 2.33. The molecule has 1 unspecified atom stereocenters. The Labute approximate surface area is 128 Å². The predicted molar refractivity (Wildman–Crippen MR) is 85.3 cm³/mol. The van der Waals surface area contributed by atoms with Gasteiger partial charge in [0.25, 0.3) is 0 Å². The molecule has 1 nitrogen and oxygen atoms in total. The molecule has 1 heterocycles. The third kappa shape index (κ3) is 3.40. The van der Waals surface area contributed by atoms with E-state index in [9.17, 15) is 4.39 Å². The first-order valence-electron chi connectivity index (χ1n) is 6.78. The zero-order chi connectivity index (χ0) is 14.7. The molecule has 2 aromatic rings. The van der Waals surface area contributed by atoms with Crippen LogP contribution in [0.1, 0.15) is 40.3 Å². The largest absolute Gasteiger partial charge is 0.306 e. The van der Waals surface area contributed by atoms with Crippen molar-refractivity contribution in [3.63, 3.8) is 0 Å². The number of thiophene rings is 1. The molecule has 0 bridgehead atoms. The Balaban J connectivity index is 2.46. The van der Waals surface area contributed by atoms with Crippen molar-refractivity contribution in [2.75, 3.05) is 6.54 Å². The van der Waals surface area contributed by atoms with Crippen molar-refractivity contribution in [1.82, 2.24) is 5.32 Å². The summed E-state index contributed by atoms with van der Waals surface area (Å²) in [6, 6.07) is 6.73. The maximum absolute atomic E-state index is 14.2. The van der Waals surface area contributed by atoms with Crippen molar-refractivity contribution in [3.8, 4) is 0 Å². The van der Waals surface area contributed by atoms with E-state index >= 15 is 0 Å². The van der Waals surface area contributed by atoms with Crippen LogP contribution in [0.15, 0.2) is 24.3 Å². The van der Waals surface area contributed by atoms with Crippen LogP contribution in [0, 0.1) is 19.7 Å². The summed E-state index contributed by atoms with van der Waals surface area (Å²) in [6.07, 6.45) is 1.00. The lowest BCUT2D eigenvalue weighted by Gasteiger charge is -2.20. The van der Waals surface area contributed by atoms with Crippen molar-refractivity contribution in [3.05, 3.63) is 56.0 Å². The van der Waals surface area contributed by atoms with E-state index in [0.717, 1.165) is 18.5 Å². The summed E-state index contributed by atoms with van der Waals surface area (Å²) in [5.41, 5.74) is 1.76. The highest BCUT2D eigenvalue weighted by atomic mass is 35.5. The van der Waals surface area contributed by atoms with Gasteiger partial charge in [-0.2, -0.15) is 0 Å². The summed E-state index contributed by atoms with van der Waals surface area (Å²) in [7, 11) is 0. The minimum Gasteiger partial charge on any atom is -0.306 e. The molecule has 20 heavy (non-hydrogen) atoms. The lowest BCUT2D eigenvalue weighted by atomic mass is 9.98. The van der Waals surface area contributed by atoms with Crippen molar-refractivity contribution in [2.45, 2.75) is 33.2 Å². The minimum atomic E-state index is -0.216. The van der Waals surface area contributed by atoms with Crippen LogP contribution in [0.2, 0.25) is 5.02 Å². The van der Waals surface area contributed by atoms with Crippen molar-refractivity contribution >= 4 is 22.9 Å². The van der Waals surface area contributed by atoms with E-state index in [-0.39, 0.29) is 11.9 Å². The fourth-order valence-electron chi connectivity index (χ4n) is 2.35. The molecule has 1 N–H and O–H groups in total. The van der Waals surface area contributed by atoms with E-state index in [4.69, 9.17) is 11.6 Å². The van der Waals surface area contributed by atoms with Gasteiger partial charge in [0, 0.05) is 20.3 Å². The first-order valence-corrected chi connectivity index (χ1v) is 7.97. The smallest absolute Gasteiger partial charge is 0.128 e. The molecule has 108 valence electrons. The van der Waals surface area contributed by atoms with Gasteiger partial charge in [-0.1, -0.05) is 18.5 Å². The molecule has 4 heteroatoms. The number of hydrogen-bond acceptors (Lipinski definition) is 2. The van der Waals surface area contributed by atoms with Crippen molar-refractivity contribution in [2.24, 2.45) is 0 Å². The Morgan fingerprint density at radius 2 is 2.00 bits per heavy atom. The Kier molecular flexibility index (Phi) is 5.19. The van der Waals surface area contributed by atoms with Crippen LogP contribution in [-0.2, 0) is 0 Å². The van der Waals surface area contributed by atoms with Gasteiger partial charge in [-0.3, -0.25) is 0 Å². The van der Waals surface area contributed by atoms with Crippen LogP contribution >= 0.6 is 22.9 Å². The fourth-order valence-corrected chi connectivity index (χ4v) is 3.49. The zero-order valence-electron chi connectivity index (χ0n) is 12.0. The van der Waals surface area contributed by atoms with E-state index in [0.29, 0.717) is 10.6 Å². The van der Waals surface area contributed by atoms with Gasteiger partial charge >= 0.3 is 0 Å². The van der Waals surface area contributed by atoms with Crippen LogP contribution < -0.4 is 5.32 Å².